The number of rotatable bonds is 6. The van der Waals surface area contributed by atoms with Crippen molar-refractivity contribution in [3.63, 3.8) is 0 Å². The second-order valence-electron chi connectivity index (χ2n) is 6.56. The number of benzene rings is 2. The van der Waals surface area contributed by atoms with Gasteiger partial charge in [0.25, 0.3) is 5.91 Å². The van der Waals surface area contributed by atoms with E-state index in [-0.39, 0.29) is 17.7 Å². The minimum absolute atomic E-state index is 0.0228. The molecule has 1 aromatic heterocycles. The highest BCUT2D eigenvalue weighted by Gasteiger charge is 2.29. The summed E-state index contributed by atoms with van der Waals surface area (Å²) in [5.74, 6) is -0.105. The standard InChI is InChI=1S/C21H19N3O2S2/c1-27-17-9-7-13(8-10-17)18-12-28-21(23-18)24-20(26)15-3-2-4-16(11-15)22-19(25)14-5-6-14/h2-4,7-12,14H,5-6H2,1H3,(H,22,25)(H,23,24,26). The SMILES string of the molecule is CSc1ccc(-c2csc(NC(=O)c3cccc(NC(=O)C4CC4)c3)n2)cc1. The van der Waals surface area contributed by atoms with E-state index in [1.807, 2.05) is 23.8 Å². The van der Waals surface area contributed by atoms with Gasteiger partial charge in [-0.25, -0.2) is 4.98 Å². The molecule has 7 heteroatoms. The number of thiazole rings is 1. The molecule has 1 heterocycles. The van der Waals surface area contributed by atoms with Gasteiger partial charge in [0.1, 0.15) is 0 Å². The molecule has 28 heavy (non-hydrogen) atoms. The topological polar surface area (TPSA) is 71.1 Å². The van der Waals surface area contributed by atoms with Gasteiger partial charge in [0.2, 0.25) is 5.91 Å². The van der Waals surface area contributed by atoms with Crippen LogP contribution in [0.5, 0.6) is 0 Å². The summed E-state index contributed by atoms with van der Waals surface area (Å²) in [5.41, 5.74) is 2.96. The van der Waals surface area contributed by atoms with Crippen molar-refractivity contribution >= 4 is 45.7 Å². The molecule has 2 aromatic carbocycles. The van der Waals surface area contributed by atoms with Gasteiger partial charge in [0, 0.05) is 33.0 Å². The van der Waals surface area contributed by atoms with Gasteiger partial charge in [-0.15, -0.1) is 23.1 Å². The second-order valence-corrected chi connectivity index (χ2v) is 8.30. The van der Waals surface area contributed by atoms with E-state index in [2.05, 4.69) is 27.8 Å². The van der Waals surface area contributed by atoms with Gasteiger partial charge in [-0.1, -0.05) is 18.2 Å². The molecule has 5 nitrogen and oxygen atoms in total. The first-order valence-electron chi connectivity index (χ1n) is 8.94. The first-order chi connectivity index (χ1) is 13.6. The average Bonchev–Trinajstić information content (AvgIpc) is 3.48. The summed E-state index contributed by atoms with van der Waals surface area (Å²) < 4.78 is 0. The van der Waals surface area contributed by atoms with Gasteiger partial charge in [-0.05, 0) is 49.4 Å². The number of hydrogen-bond acceptors (Lipinski definition) is 5. The third-order valence-electron chi connectivity index (χ3n) is 4.45. The molecule has 0 bridgehead atoms. The Labute approximate surface area is 171 Å². The van der Waals surface area contributed by atoms with Gasteiger partial charge >= 0.3 is 0 Å². The van der Waals surface area contributed by atoms with Gasteiger partial charge in [-0.3, -0.25) is 14.9 Å². The lowest BCUT2D eigenvalue weighted by Crippen LogP contribution is -2.15. The van der Waals surface area contributed by atoms with Crippen molar-refractivity contribution < 1.29 is 9.59 Å². The zero-order chi connectivity index (χ0) is 19.5. The molecule has 0 unspecified atom stereocenters. The molecule has 1 saturated carbocycles. The van der Waals surface area contributed by atoms with Crippen molar-refractivity contribution in [3.05, 3.63) is 59.5 Å². The maximum atomic E-state index is 12.6. The lowest BCUT2D eigenvalue weighted by atomic mass is 10.2. The number of aromatic nitrogens is 1. The summed E-state index contributed by atoms with van der Waals surface area (Å²) in [4.78, 5) is 30.2. The van der Waals surface area contributed by atoms with Gasteiger partial charge in [0.15, 0.2) is 5.13 Å². The Kier molecular flexibility index (Phi) is 5.45. The summed E-state index contributed by atoms with van der Waals surface area (Å²) in [6, 6.07) is 15.1. The minimum atomic E-state index is -0.249. The fourth-order valence-corrected chi connectivity index (χ4v) is 3.85. The first kappa shape index (κ1) is 18.7. The summed E-state index contributed by atoms with van der Waals surface area (Å²) in [6.45, 7) is 0. The number of anilines is 2. The highest BCUT2D eigenvalue weighted by Crippen LogP contribution is 2.30. The predicted octanol–water partition coefficient (Wildman–Crippen LogP) is 5.13. The van der Waals surface area contributed by atoms with Crippen LogP contribution in [0.3, 0.4) is 0 Å². The fraction of sp³-hybridized carbons (Fsp3) is 0.190. The van der Waals surface area contributed by atoms with Crippen molar-refractivity contribution in [2.24, 2.45) is 5.92 Å². The Hall–Kier alpha value is -2.64. The molecule has 0 atom stereocenters. The van der Waals surface area contributed by atoms with Gasteiger partial charge in [-0.2, -0.15) is 0 Å². The Morgan fingerprint density at radius 3 is 2.61 bits per heavy atom. The molecular formula is C21H19N3O2S2. The molecule has 1 aliphatic carbocycles. The number of carbonyl (C=O) groups is 2. The number of nitrogens with zero attached hydrogens (tertiary/aromatic N) is 1. The van der Waals surface area contributed by atoms with Crippen LogP contribution in [0.2, 0.25) is 0 Å². The minimum Gasteiger partial charge on any atom is -0.326 e. The van der Waals surface area contributed by atoms with E-state index in [1.54, 1.807) is 36.0 Å². The molecule has 0 saturated heterocycles. The molecular weight excluding hydrogens is 390 g/mol. The summed E-state index contributed by atoms with van der Waals surface area (Å²) in [7, 11) is 0. The third kappa shape index (κ3) is 4.43. The Morgan fingerprint density at radius 2 is 1.89 bits per heavy atom. The average molecular weight is 410 g/mol. The summed E-state index contributed by atoms with van der Waals surface area (Å²) >= 11 is 3.08. The Balaban J connectivity index is 1.43. The van der Waals surface area contributed by atoms with E-state index in [9.17, 15) is 9.59 Å². The first-order valence-corrected chi connectivity index (χ1v) is 11.0. The number of nitrogens with one attached hydrogen (secondary N) is 2. The lowest BCUT2D eigenvalue weighted by molar-refractivity contribution is -0.117. The van der Waals surface area contributed by atoms with Crippen molar-refractivity contribution in [1.29, 1.82) is 0 Å². The van der Waals surface area contributed by atoms with E-state index in [4.69, 9.17) is 0 Å². The third-order valence-corrected chi connectivity index (χ3v) is 5.95. The highest BCUT2D eigenvalue weighted by atomic mass is 32.2. The van der Waals surface area contributed by atoms with Crippen LogP contribution in [0.25, 0.3) is 11.3 Å². The van der Waals surface area contributed by atoms with Crippen molar-refractivity contribution in [2.75, 3.05) is 16.9 Å². The zero-order valence-corrected chi connectivity index (χ0v) is 16.9. The summed E-state index contributed by atoms with van der Waals surface area (Å²) in [6.07, 6.45) is 3.93. The molecule has 0 radical (unpaired) electrons. The maximum Gasteiger partial charge on any atom is 0.257 e. The van der Waals surface area contributed by atoms with E-state index in [1.165, 1.54) is 16.2 Å². The summed E-state index contributed by atoms with van der Waals surface area (Å²) in [5, 5.41) is 8.17. The quantitative estimate of drug-likeness (QED) is 0.554. The van der Waals surface area contributed by atoms with Crippen molar-refractivity contribution in [3.8, 4) is 11.3 Å². The number of amides is 2. The molecule has 1 aliphatic rings. The Morgan fingerprint density at radius 1 is 1.11 bits per heavy atom. The highest BCUT2D eigenvalue weighted by molar-refractivity contribution is 7.98. The van der Waals surface area contributed by atoms with E-state index < -0.39 is 0 Å². The normalized spacial score (nSPS) is 13.2. The van der Waals surface area contributed by atoms with Crippen LogP contribution in [0, 0.1) is 5.92 Å². The molecule has 1 fully saturated rings. The molecule has 2 amide bonds. The van der Waals surface area contributed by atoms with E-state index >= 15 is 0 Å². The maximum absolute atomic E-state index is 12.6. The van der Waals surface area contributed by atoms with Crippen LogP contribution in [-0.4, -0.2) is 23.1 Å². The van der Waals surface area contributed by atoms with E-state index in [0.717, 1.165) is 24.1 Å². The molecule has 3 aromatic rings. The van der Waals surface area contributed by atoms with Crippen LogP contribution in [0.15, 0.2) is 58.8 Å². The predicted molar refractivity (Wildman–Crippen MR) is 115 cm³/mol. The van der Waals surface area contributed by atoms with E-state index in [0.29, 0.717) is 16.4 Å². The smallest absolute Gasteiger partial charge is 0.257 e. The van der Waals surface area contributed by atoms with Crippen LogP contribution < -0.4 is 10.6 Å². The Bertz CT molecular complexity index is 1010. The number of carbonyl (C=O) groups excluding carboxylic acids is 2. The van der Waals surface area contributed by atoms with Crippen LogP contribution >= 0.6 is 23.1 Å². The molecule has 4 rings (SSSR count). The number of thioether (sulfide) groups is 1. The van der Waals surface area contributed by atoms with Gasteiger partial charge < -0.3 is 5.32 Å². The molecule has 142 valence electrons. The molecule has 0 aliphatic heterocycles. The molecule has 2 N–H and O–H groups in total. The monoisotopic (exact) mass is 409 g/mol. The van der Waals surface area contributed by atoms with Crippen LogP contribution in [0.4, 0.5) is 10.8 Å². The fourth-order valence-electron chi connectivity index (χ4n) is 2.72. The van der Waals surface area contributed by atoms with Gasteiger partial charge in [0.05, 0.1) is 5.69 Å². The van der Waals surface area contributed by atoms with Crippen molar-refractivity contribution in [1.82, 2.24) is 4.98 Å². The lowest BCUT2D eigenvalue weighted by Gasteiger charge is -2.07. The molecule has 0 spiro atoms. The largest absolute Gasteiger partial charge is 0.326 e. The zero-order valence-electron chi connectivity index (χ0n) is 15.3. The van der Waals surface area contributed by atoms with Crippen LogP contribution in [-0.2, 0) is 4.79 Å². The second kappa shape index (κ2) is 8.16. The van der Waals surface area contributed by atoms with Crippen molar-refractivity contribution in [2.45, 2.75) is 17.7 Å². The number of hydrogen-bond donors (Lipinski definition) is 2. The van der Waals surface area contributed by atoms with Crippen LogP contribution in [0.1, 0.15) is 23.2 Å².